The molecular formula is C21H29F3N4O2S. The minimum absolute atomic E-state index is 0.0228. The van der Waals surface area contributed by atoms with Crippen molar-refractivity contribution in [2.24, 2.45) is 5.92 Å². The van der Waals surface area contributed by atoms with Crippen molar-refractivity contribution in [1.29, 1.82) is 0 Å². The standard InChI is InChI=1S/C21H29F3N4O2S/c1-2-28-19-9-8-17(31(29,30)27-11-4-3-5-12-27)13-18(19)25-20(28)15-26-10-6-7-16(14-26)21(22,23)24/h8-9,13,16H,2-7,10-12,14-15H2,1H3/t16-/m1/s1. The molecule has 2 saturated heterocycles. The number of nitrogens with zero attached hydrogens (tertiary/aromatic N) is 4. The molecule has 0 radical (unpaired) electrons. The average Bonchev–Trinajstić information content (AvgIpc) is 3.10. The summed E-state index contributed by atoms with van der Waals surface area (Å²) in [6.45, 7) is 4.54. The number of piperidine rings is 2. The van der Waals surface area contributed by atoms with Crippen LogP contribution in [-0.4, -0.2) is 59.5 Å². The Morgan fingerprint density at radius 1 is 1.10 bits per heavy atom. The molecule has 0 bridgehead atoms. The fourth-order valence-corrected chi connectivity index (χ4v) is 6.25. The molecule has 1 aromatic heterocycles. The van der Waals surface area contributed by atoms with E-state index in [2.05, 4.69) is 4.98 Å². The molecule has 0 amide bonds. The predicted molar refractivity (Wildman–Crippen MR) is 112 cm³/mol. The molecule has 0 N–H and O–H groups in total. The monoisotopic (exact) mass is 458 g/mol. The van der Waals surface area contributed by atoms with E-state index in [9.17, 15) is 21.6 Å². The van der Waals surface area contributed by atoms with Crippen LogP contribution in [0.4, 0.5) is 13.2 Å². The van der Waals surface area contributed by atoms with Gasteiger partial charge in [-0.05, 0) is 57.4 Å². The Morgan fingerprint density at radius 2 is 1.84 bits per heavy atom. The van der Waals surface area contributed by atoms with Crippen molar-refractivity contribution in [1.82, 2.24) is 18.8 Å². The largest absolute Gasteiger partial charge is 0.393 e. The third-order valence-corrected chi connectivity index (χ3v) is 8.30. The molecule has 0 unspecified atom stereocenters. The van der Waals surface area contributed by atoms with Gasteiger partial charge in [-0.25, -0.2) is 13.4 Å². The van der Waals surface area contributed by atoms with Gasteiger partial charge in [0, 0.05) is 26.2 Å². The molecule has 0 aliphatic carbocycles. The second kappa shape index (κ2) is 8.71. The molecule has 2 aliphatic heterocycles. The third-order valence-electron chi connectivity index (χ3n) is 6.40. The van der Waals surface area contributed by atoms with Crippen LogP contribution in [0.3, 0.4) is 0 Å². The van der Waals surface area contributed by atoms with Gasteiger partial charge >= 0.3 is 6.18 Å². The molecule has 6 nitrogen and oxygen atoms in total. The summed E-state index contributed by atoms with van der Waals surface area (Å²) in [5.41, 5.74) is 1.37. The maximum Gasteiger partial charge on any atom is 0.393 e. The van der Waals surface area contributed by atoms with Gasteiger partial charge in [-0.2, -0.15) is 17.5 Å². The second-order valence-corrected chi connectivity index (χ2v) is 10.4. The van der Waals surface area contributed by atoms with E-state index >= 15 is 0 Å². The number of sulfonamides is 1. The number of hydrogen-bond donors (Lipinski definition) is 0. The highest BCUT2D eigenvalue weighted by atomic mass is 32.2. The number of aromatic nitrogens is 2. The quantitative estimate of drug-likeness (QED) is 0.680. The summed E-state index contributed by atoms with van der Waals surface area (Å²) >= 11 is 0. The minimum atomic E-state index is -4.18. The number of fused-ring (bicyclic) bond motifs is 1. The maximum absolute atomic E-state index is 13.2. The summed E-state index contributed by atoms with van der Waals surface area (Å²) < 4.78 is 69.0. The highest BCUT2D eigenvalue weighted by Crippen LogP contribution is 2.34. The molecule has 1 aromatic carbocycles. The van der Waals surface area contributed by atoms with E-state index < -0.39 is 22.1 Å². The van der Waals surface area contributed by atoms with Crippen LogP contribution in [0.5, 0.6) is 0 Å². The first-order valence-electron chi connectivity index (χ1n) is 11.0. The molecule has 172 valence electrons. The molecule has 2 aliphatic rings. The number of rotatable bonds is 5. The molecule has 2 fully saturated rings. The first kappa shape index (κ1) is 22.5. The van der Waals surface area contributed by atoms with Crippen LogP contribution in [0, 0.1) is 5.92 Å². The first-order chi connectivity index (χ1) is 14.7. The second-order valence-electron chi connectivity index (χ2n) is 8.50. The van der Waals surface area contributed by atoms with Gasteiger partial charge in [0.15, 0.2) is 0 Å². The van der Waals surface area contributed by atoms with Gasteiger partial charge in [-0.15, -0.1) is 0 Å². The molecule has 0 saturated carbocycles. The Kier molecular flexibility index (Phi) is 6.33. The molecule has 0 spiro atoms. The lowest BCUT2D eigenvalue weighted by Crippen LogP contribution is -2.41. The smallest absolute Gasteiger partial charge is 0.327 e. The van der Waals surface area contributed by atoms with Crippen molar-refractivity contribution >= 4 is 21.1 Å². The summed E-state index contributed by atoms with van der Waals surface area (Å²) in [5.74, 6) is -0.630. The van der Waals surface area contributed by atoms with Crippen molar-refractivity contribution in [3.05, 3.63) is 24.0 Å². The van der Waals surface area contributed by atoms with Crippen LogP contribution in [-0.2, 0) is 23.1 Å². The Morgan fingerprint density at radius 3 is 2.52 bits per heavy atom. The van der Waals surface area contributed by atoms with Crippen LogP contribution >= 0.6 is 0 Å². The SMILES string of the molecule is CCn1c(CN2CCC[C@@H](C(F)(F)F)C2)nc2cc(S(=O)(=O)N3CCCCC3)ccc21. The normalized spacial score (nSPS) is 22.3. The Labute approximate surface area is 181 Å². The lowest BCUT2D eigenvalue weighted by molar-refractivity contribution is -0.187. The van der Waals surface area contributed by atoms with Gasteiger partial charge in [0.25, 0.3) is 0 Å². The van der Waals surface area contributed by atoms with Crippen molar-refractivity contribution in [3.8, 4) is 0 Å². The summed E-state index contributed by atoms with van der Waals surface area (Å²) in [6.07, 6.45) is -0.728. The number of aryl methyl sites for hydroxylation is 1. The van der Waals surface area contributed by atoms with Crippen molar-refractivity contribution in [2.45, 2.75) is 63.2 Å². The number of benzene rings is 1. The topological polar surface area (TPSA) is 58.4 Å². The van der Waals surface area contributed by atoms with Crippen molar-refractivity contribution < 1.29 is 21.6 Å². The Bertz CT molecular complexity index is 1030. The zero-order valence-corrected chi connectivity index (χ0v) is 18.6. The maximum atomic E-state index is 13.2. The van der Waals surface area contributed by atoms with Crippen molar-refractivity contribution in [2.75, 3.05) is 26.2 Å². The van der Waals surface area contributed by atoms with Gasteiger partial charge in [0.1, 0.15) is 5.82 Å². The number of halogens is 3. The molecule has 2 aromatic rings. The molecule has 4 rings (SSSR count). The van der Waals surface area contributed by atoms with Crippen LogP contribution in [0.15, 0.2) is 23.1 Å². The number of likely N-dealkylation sites (tertiary alicyclic amines) is 1. The van der Waals surface area contributed by atoms with E-state index in [0.29, 0.717) is 50.5 Å². The summed E-state index contributed by atoms with van der Waals surface area (Å²) in [7, 11) is -3.57. The van der Waals surface area contributed by atoms with E-state index in [-0.39, 0.29) is 17.9 Å². The van der Waals surface area contributed by atoms with Gasteiger partial charge in [0.05, 0.1) is 28.4 Å². The number of alkyl halides is 3. The van der Waals surface area contributed by atoms with Crippen LogP contribution in [0.2, 0.25) is 0 Å². The van der Waals surface area contributed by atoms with Gasteiger partial charge < -0.3 is 4.57 Å². The summed E-state index contributed by atoms with van der Waals surface area (Å²) in [4.78, 5) is 6.67. The highest BCUT2D eigenvalue weighted by molar-refractivity contribution is 7.89. The van der Waals surface area contributed by atoms with Crippen LogP contribution in [0.1, 0.15) is 44.9 Å². The summed E-state index contributed by atoms with van der Waals surface area (Å²) in [6, 6.07) is 4.98. The minimum Gasteiger partial charge on any atom is -0.327 e. The van der Waals surface area contributed by atoms with Gasteiger partial charge in [-0.1, -0.05) is 6.42 Å². The van der Waals surface area contributed by atoms with Crippen LogP contribution in [0.25, 0.3) is 11.0 Å². The Balaban J connectivity index is 1.60. The molecule has 10 heteroatoms. The lowest BCUT2D eigenvalue weighted by atomic mass is 9.97. The third kappa shape index (κ3) is 4.61. The van der Waals surface area contributed by atoms with Gasteiger partial charge in [-0.3, -0.25) is 4.90 Å². The predicted octanol–water partition coefficient (Wildman–Crippen LogP) is 4.01. The van der Waals surface area contributed by atoms with E-state index in [0.717, 1.165) is 24.8 Å². The Hall–Kier alpha value is -1.65. The van der Waals surface area contributed by atoms with Crippen LogP contribution < -0.4 is 0 Å². The molecule has 31 heavy (non-hydrogen) atoms. The fourth-order valence-electron chi connectivity index (χ4n) is 4.71. The number of hydrogen-bond acceptors (Lipinski definition) is 4. The molecular weight excluding hydrogens is 429 g/mol. The zero-order valence-electron chi connectivity index (χ0n) is 17.7. The van der Waals surface area contributed by atoms with E-state index in [4.69, 9.17) is 0 Å². The van der Waals surface area contributed by atoms with E-state index in [1.807, 2.05) is 11.5 Å². The highest BCUT2D eigenvalue weighted by Gasteiger charge is 2.41. The van der Waals surface area contributed by atoms with Gasteiger partial charge in [0.2, 0.25) is 10.0 Å². The average molecular weight is 459 g/mol. The fraction of sp³-hybridized carbons (Fsp3) is 0.667. The van der Waals surface area contributed by atoms with E-state index in [1.165, 1.54) is 4.31 Å². The molecule has 3 heterocycles. The first-order valence-corrected chi connectivity index (χ1v) is 12.4. The van der Waals surface area contributed by atoms with Crippen molar-refractivity contribution in [3.63, 3.8) is 0 Å². The number of imidazole rings is 1. The zero-order chi connectivity index (χ0) is 22.2. The molecule has 1 atom stereocenters. The van der Waals surface area contributed by atoms with E-state index in [1.54, 1.807) is 23.1 Å². The lowest BCUT2D eigenvalue weighted by Gasteiger charge is -2.33. The summed E-state index contributed by atoms with van der Waals surface area (Å²) in [5, 5.41) is 0.